The fourth-order valence-corrected chi connectivity index (χ4v) is 3.61. The molecule has 24 heavy (non-hydrogen) atoms. The van der Waals surface area contributed by atoms with Crippen molar-refractivity contribution in [3.05, 3.63) is 30.1 Å². The maximum Gasteiger partial charge on any atom is 0.318 e. The molecule has 1 heterocycles. The van der Waals surface area contributed by atoms with Gasteiger partial charge in [-0.25, -0.2) is 14.8 Å². The average Bonchev–Trinajstić information content (AvgIpc) is 3.35. The van der Waals surface area contributed by atoms with Crippen LogP contribution >= 0.6 is 11.8 Å². The third kappa shape index (κ3) is 3.67. The molecular formula is C17H20N4O2S. The Kier molecular flexibility index (Phi) is 4.71. The number of para-hydroxylation sites is 1. The van der Waals surface area contributed by atoms with Crippen molar-refractivity contribution in [1.29, 1.82) is 0 Å². The Hall–Kier alpha value is -2.15. The molecule has 1 aliphatic rings. The van der Waals surface area contributed by atoms with Gasteiger partial charge in [0.05, 0.1) is 10.8 Å². The quantitative estimate of drug-likeness (QED) is 0.642. The zero-order valence-corrected chi connectivity index (χ0v) is 14.5. The highest BCUT2D eigenvalue weighted by molar-refractivity contribution is 8.00. The van der Waals surface area contributed by atoms with E-state index >= 15 is 0 Å². The van der Waals surface area contributed by atoms with E-state index in [2.05, 4.69) is 10.3 Å². The first-order valence-electron chi connectivity index (χ1n) is 7.99. The normalized spacial score (nSPS) is 15.5. The fraction of sp³-hybridized carbons (Fsp3) is 0.412. The number of benzene rings is 1. The monoisotopic (exact) mass is 344 g/mol. The number of carbonyl (C=O) groups is 2. The second-order valence-corrected chi connectivity index (χ2v) is 7.44. The van der Waals surface area contributed by atoms with Crippen molar-refractivity contribution in [3.63, 3.8) is 0 Å². The number of nitrogens with zero attached hydrogens (tertiary/aromatic N) is 2. The minimum atomic E-state index is -0.836. The van der Waals surface area contributed by atoms with Gasteiger partial charge < -0.3 is 5.73 Å². The summed E-state index contributed by atoms with van der Waals surface area (Å²) in [4.78, 5) is 32.6. The molecule has 0 spiro atoms. The molecule has 1 aromatic heterocycles. The second kappa shape index (κ2) is 6.76. The van der Waals surface area contributed by atoms with Gasteiger partial charge in [0.2, 0.25) is 5.91 Å². The van der Waals surface area contributed by atoms with Crippen LogP contribution in [0.4, 0.5) is 4.79 Å². The van der Waals surface area contributed by atoms with Gasteiger partial charge in [0.15, 0.2) is 0 Å². The maximum atomic E-state index is 12.3. The summed E-state index contributed by atoms with van der Waals surface area (Å²) in [5, 5.41) is 3.42. The lowest BCUT2D eigenvalue weighted by Crippen LogP contribution is -2.42. The molecular weight excluding hydrogens is 324 g/mol. The molecule has 0 aliphatic heterocycles. The number of primary amides is 1. The molecule has 1 fully saturated rings. The van der Waals surface area contributed by atoms with Gasteiger partial charge in [-0.15, -0.1) is 0 Å². The summed E-state index contributed by atoms with van der Waals surface area (Å²) < 4.78 is 0. The van der Waals surface area contributed by atoms with Gasteiger partial charge in [0.25, 0.3) is 0 Å². The molecule has 0 saturated heterocycles. The molecule has 7 heteroatoms. The van der Waals surface area contributed by atoms with E-state index in [-0.39, 0.29) is 5.92 Å². The third-order valence-corrected chi connectivity index (χ3v) is 5.42. The van der Waals surface area contributed by atoms with Crippen LogP contribution < -0.4 is 11.1 Å². The molecule has 1 aliphatic carbocycles. The molecule has 1 saturated carbocycles. The van der Waals surface area contributed by atoms with Crippen molar-refractivity contribution in [2.75, 3.05) is 0 Å². The van der Waals surface area contributed by atoms with Crippen molar-refractivity contribution in [2.45, 2.75) is 42.9 Å². The first-order chi connectivity index (χ1) is 11.5. The number of fused-ring (bicyclic) bond motifs is 1. The van der Waals surface area contributed by atoms with Crippen LogP contribution in [0, 0.1) is 5.92 Å². The number of nitrogens with two attached hydrogens (primary N) is 1. The predicted molar refractivity (Wildman–Crippen MR) is 93.7 cm³/mol. The number of aromatic nitrogens is 2. The number of thioether (sulfide) groups is 1. The minimum Gasteiger partial charge on any atom is -0.351 e. The summed E-state index contributed by atoms with van der Waals surface area (Å²) in [7, 11) is 0. The average molecular weight is 344 g/mol. The number of urea groups is 1. The minimum absolute atomic E-state index is 0.0208. The van der Waals surface area contributed by atoms with Gasteiger partial charge in [0, 0.05) is 11.3 Å². The van der Waals surface area contributed by atoms with Crippen LogP contribution in [0.5, 0.6) is 0 Å². The molecule has 0 bridgehead atoms. The fourth-order valence-electron chi connectivity index (χ4n) is 2.48. The SMILES string of the molecule is CC(C)[C@H](Sc1nc(C2CC2)nc2ccccc12)C(=O)NC(N)=O. The summed E-state index contributed by atoms with van der Waals surface area (Å²) in [6.45, 7) is 3.87. The van der Waals surface area contributed by atoms with Gasteiger partial charge >= 0.3 is 6.03 Å². The van der Waals surface area contributed by atoms with Crippen molar-refractivity contribution in [1.82, 2.24) is 15.3 Å². The number of imide groups is 1. The number of hydrogen-bond donors (Lipinski definition) is 2. The van der Waals surface area contributed by atoms with E-state index < -0.39 is 17.2 Å². The lowest BCUT2D eigenvalue weighted by molar-refractivity contribution is -0.120. The van der Waals surface area contributed by atoms with Gasteiger partial charge in [-0.2, -0.15) is 0 Å². The van der Waals surface area contributed by atoms with Crippen LogP contribution in [0.1, 0.15) is 38.4 Å². The zero-order chi connectivity index (χ0) is 17.3. The van der Waals surface area contributed by atoms with E-state index in [1.54, 1.807) is 0 Å². The van der Waals surface area contributed by atoms with Gasteiger partial charge in [0.1, 0.15) is 10.9 Å². The summed E-state index contributed by atoms with van der Waals surface area (Å²) in [5.41, 5.74) is 5.97. The number of hydrogen-bond acceptors (Lipinski definition) is 5. The Labute approximate surface area is 144 Å². The topological polar surface area (TPSA) is 98.0 Å². The third-order valence-electron chi connectivity index (χ3n) is 3.88. The summed E-state index contributed by atoms with van der Waals surface area (Å²) in [6.07, 6.45) is 2.22. The summed E-state index contributed by atoms with van der Waals surface area (Å²) >= 11 is 1.36. The maximum absolute atomic E-state index is 12.3. The van der Waals surface area contributed by atoms with Crippen LogP contribution in [0.2, 0.25) is 0 Å². The Balaban J connectivity index is 1.97. The zero-order valence-electron chi connectivity index (χ0n) is 13.7. The standard InChI is InChI=1S/C17H20N4O2S/c1-9(2)13(15(22)21-17(18)23)24-16-11-5-3-4-6-12(11)19-14(20-16)10-7-8-10/h3-6,9-10,13H,7-8H2,1-2H3,(H3,18,21,22,23)/t13-/m0/s1. The van der Waals surface area contributed by atoms with Gasteiger partial charge in [-0.3, -0.25) is 10.1 Å². The molecule has 3 amide bonds. The van der Waals surface area contributed by atoms with Gasteiger partial charge in [-0.1, -0.05) is 43.8 Å². The van der Waals surface area contributed by atoms with E-state index in [1.807, 2.05) is 38.1 Å². The van der Waals surface area contributed by atoms with E-state index in [1.165, 1.54) is 11.8 Å². The molecule has 3 rings (SSSR count). The highest BCUT2D eigenvalue weighted by atomic mass is 32.2. The van der Waals surface area contributed by atoms with Crippen molar-refractivity contribution in [2.24, 2.45) is 11.7 Å². The van der Waals surface area contributed by atoms with Crippen molar-refractivity contribution < 1.29 is 9.59 Å². The number of carbonyl (C=O) groups excluding carboxylic acids is 2. The van der Waals surface area contributed by atoms with Crippen LogP contribution in [0.3, 0.4) is 0 Å². The first-order valence-corrected chi connectivity index (χ1v) is 8.87. The molecule has 0 unspecified atom stereocenters. The molecule has 3 N–H and O–H groups in total. The summed E-state index contributed by atoms with van der Waals surface area (Å²) in [5.74, 6) is 0.894. The van der Waals surface area contributed by atoms with Crippen LogP contribution in [0.25, 0.3) is 10.9 Å². The Bertz CT molecular complexity index is 789. The highest BCUT2D eigenvalue weighted by Gasteiger charge is 2.30. The molecule has 1 atom stereocenters. The van der Waals surface area contributed by atoms with Crippen LogP contribution in [-0.4, -0.2) is 27.2 Å². The van der Waals surface area contributed by atoms with E-state index in [9.17, 15) is 9.59 Å². The largest absolute Gasteiger partial charge is 0.351 e. The predicted octanol–water partition coefficient (Wildman–Crippen LogP) is 2.82. The lowest BCUT2D eigenvalue weighted by Gasteiger charge is -2.19. The second-order valence-electron chi connectivity index (χ2n) is 6.31. The first kappa shape index (κ1) is 16.7. The van der Waals surface area contributed by atoms with Crippen molar-refractivity contribution in [3.8, 4) is 0 Å². The van der Waals surface area contributed by atoms with E-state index in [0.717, 1.165) is 34.6 Å². The van der Waals surface area contributed by atoms with Gasteiger partial charge in [-0.05, 0) is 24.8 Å². The highest BCUT2D eigenvalue weighted by Crippen LogP contribution is 2.40. The molecule has 2 aromatic rings. The molecule has 6 nitrogen and oxygen atoms in total. The molecule has 126 valence electrons. The smallest absolute Gasteiger partial charge is 0.318 e. The van der Waals surface area contributed by atoms with Crippen LogP contribution in [0.15, 0.2) is 29.3 Å². The van der Waals surface area contributed by atoms with E-state index in [0.29, 0.717) is 5.92 Å². The lowest BCUT2D eigenvalue weighted by atomic mass is 10.1. The number of nitrogens with one attached hydrogen (secondary N) is 1. The number of amides is 3. The van der Waals surface area contributed by atoms with E-state index in [4.69, 9.17) is 10.7 Å². The Morgan fingerprint density at radius 1 is 1.25 bits per heavy atom. The summed E-state index contributed by atoms with van der Waals surface area (Å²) in [6, 6.07) is 6.96. The van der Waals surface area contributed by atoms with Crippen molar-refractivity contribution >= 4 is 34.6 Å². The molecule has 0 radical (unpaired) electrons. The Morgan fingerprint density at radius 3 is 2.58 bits per heavy atom. The van der Waals surface area contributed by atoms with Crippen LogP contribution in [-0.2, 0) is 4.79 Å². The molecule has 1 aromatic carbocycles. The number of rotatable bonds is 5. The Morgan fingerprint density at radius 2 is 1.96 bits per heavy atom.